The minimum atomic E-state index is 0.221. The zero-order chi connectivity index (χ0) is 12.4. The van der Waals surface area contributed by atoms with Gasteiger partial charge in [-0.3, -0.25) is 4.79 Å². The topological polar surface area (TPSA) is 17.1 Å². The molecular formula is C17H16O. The Kier molecular flexibility index (Phi) is 2.97. The van der Waals surface area contributed by atoms with Gasteiger partial charge in [-0.25, -0.2) is 0 Å². The number of carbonyl (C=O) groups excluding carboxylic acids is 1. The Morgan fingerprint density at radius 2 is 1.94 bits per heavy atom. The molecule has 0 aromatic heterocycles. The number of hydrogen-bond donors (Lipinski definition) is 0. The summed E-state index contributed by atoms with van der Waals surface area (Å²) in [7, 11) is 0. The summed E-state index contributed by atoms with van der Waals surface area (Å²) in [5.74, 6) is 0.754. The quantitative estimate of drug-likeness (QED) is 0.766. The fourth-order valence-electron chi connectivity index (χ4n) is 2.68. The van der Waals surface area contributed by atoms with Gasteiger partial charge in [-0.15, -0.1) is 0 Å². The van der Waals surface area contributed by atoms with Crippen molar-refractivity contribution in [2.45, 2.75) is 19.3 Å². The number of benzene rings is 1. The van der Waals surface area contributed by atoms with Crippen LogP contribution in [0.3, 0.4) is 0 Å². The second-order valence-corrected chi connectivity index (χ2v) is 5.01. The van der Waals surface area contributed by atoms with Crippen molar-refractivity contribution in [2.75, 3.05) is 0 Å². The zero-order valence-corrected chi connectivity index (χ0v) is 10.3. The van der Waals surface area contributed by atoms with Crippen molar-refractivity contribution in [2.24, 2.45) is 5.92 Å². The van der Waals surface area contributed by atoms with Gasteiger partial charge in [0.25, 0.3) is 0 Å². The number of hydrogen-bond acceptors (Lipinski definition) is 1. The molecule has 0 aliphatic heterocycles. The molecule has 18 heavy (non-hydrogen) atoms. The van der Waals surface area contributed by atoms with Crippen LogP contribution in [-0.2, 0) is 11.2 Å². The number of ketones is 1. The fourth-order valence-corrected chi connectivity index (χ4v) is 2.68. The van der Waals surface area contributed by atoms with Crippen LogP contribution in [0.25, 0.3) is 0 Å². The van der Waals surface area contributed by atoms with Gasteiger partial charge in [-0.1, -0.05) is 48.6 Å². The average Bonchev–Trinajstić information content (AvgIpc) is 2.39. The molecule has 3 rings (SSSR count). The van der Waals surface area contributed by atoms with Crippen molar-refractivity contribution in [3.05, 3.63) is 71.3 Å². The predicted molar refractivity (Wildman–Crippen MR) is 73.2 cm³/mol. The maximum absolute atomic E-state index is 11.4. The van der Waals surface area contributed by atoms with E-state index < -0.39 is 0 Å². The third-order valence-corrected chi connectivity index (χ3v) is 3.60. The molecule has 0 saturated carbocycles. The Hall–Kier alpha value is -1.89. The Labute approximate surface area is 108 Å². The molecule has 0 saturated heterocycles. The van der Waals surface area contributed by atoms with E-state index >= 15 is 0 Å². The molecule has 1 unspecified atom stereocenters. The molecular weight excluding hydrogens is 220 g/mol. The number of allylic oxidation sites excluding steroid dienone is 6. The van der Waals surface area contributed by atoms with Crippen LogP contribution < -0.4 is 0 Å². The van der Waals surface area contributed by atoms with E-state index in [0.717, 1.165) is 12.8 Å². The first kappa shape index (κ1) is 11.2. The Morgan fingerprint density at radius 1 is 1.11 bits per heavy atom. The largest absolute Gasteiger partial charge is 0.294 e. The average molecular weight is 236 g/mol. The molecule has 0 amide bonds. The van der Waals surface area contributed by atoms with Gasteiger partial charge in [-0.2, -0.15) is 0 Å². The van der Waals surface area contributed by atoms with Crippen molar-refractivity contribution in [1.29, 1.82) is 0 Å². The third-order valence-electron chi connectivity index (χ3n) is 3.60. The van der Waals surface area contributed by atoms with Crippen LogP contribution in [0.2, 0.25) is 0 Å². The first-order chi connectivity index (χ1) is 8.81. The predicted octanol–water partition coefficient (Wildman–Crippen LogP) is 3.63. The molecule has 1 nitrogen and oxygen atoms in total. The molecule has 1 atom stereocenters. The van der Waals surface area contributed by atoms with Crippen molar-refractivity contribution in [1.82, 2.24) is 0 Å². The number of carbonyl (C=O) groups is 1. The van der Waals surface area contributed by atoms with Crippen LogP contribution in [0.15, 0.2) is 65.8 Å². The standard InChI is InChI=1S/C17H16O/c18-17-9-8-15-7-6-14(11-16(15)12-17)10-13-4-2-1-3-5-13/h1-5,7-9,11,14H,6,10,12H2. The van der Waals surface area contributed by atoms with E-state index in [1.165, 1.54) is 16.7 Å². The summed E-state index contributed by atoms with van der Waals surface area (Å²) in [5, 5.41) is 0. The first-order valence-electron chi connectivity index (χ1n) is 6.47. The highest BCUT2D eigenvalue weighted by Gasteiger charge is 2.19. The van der Waals surface area contributed by atoms with Crippen LogP contribution in [0.5, 0.6) is 0 Å². The van der Waals surface area contributed by atoms with Crippen LogP contribution in [0.4, 0.5) is 0 Å². The highest BCUT2D eigenvalue weighted by atomic mass is 16.1. The van der Waals surface area contributed by atoms with Gasteiger partial charge >= 0.3 is 0 Å². The molecule has 0 bridgehead atoms. The van der Waals surface area contributed by atoms with Gasteiger partial charge < -0.3 is 0 Å². The highest BCUT2D eigenvalue weighted by molar-refractivity contribution is 5.95. The van der Waals surface area contributed by atoms with Crippen molar-refractivity contribution in [3.63, 3.8) is 0 Å². The van der Waals surface area contributed by atoms with E-state index in [4.69, 9.17) is 0 Å². The van der Waals surface area contributed by atoms with Crippen LogP contribution in [0, 0.1) is 5.92 Å². The fraction of sp³-hybridized carbons (Fsp3) is 0.235. The lowest BCUT2D eigenvalue weighted by Gasteiger charge is -2.22. The molecule has 90 valence electrons. The molecule has 0 radical (unpaired) electrons. The molecule has 2 aliphatic rings. The molecule has 0 fully saturated rings. The molecule has 0 spiro atoms. The SMILES string of the molecule is O=C1C=CC2=CCC(Cc3ccccc3)C=C2C1. The van der Waals surface area contributed by atoms with Gasteiger partial charge in [0.15, 0.2) is 5.78 Å². The Bertz CT molecular complexity index is 546. The van der Waals surface area contributed by atoms with E-state index in [2.05, 4.69) is 36.4 Å². The van der Waals surface area contributed by atoms with Crippen molar-refractivity contribution in [3.8, 4) is 0 Å². The maximum Gasteiger partial charge on any atom is 0.160 e. The summed E-state index contributed by atoms with van der Waals surface area (Å²) in [6.45, 7) is 0. The number of rotatable bonds is 2. The van der Waals surface area contributed by atoms with Crippen LogP contribution >= 0.6 is 0 Å². The van der Waals surface area contributed by atoms with Crippen molar-refractivity contribution < 1.29 is 4.79 Å². The molecule has 1 heteroatoms. The molecule has 0 N–H and O–H groups in total. The van der Waals surface area contributed by atoms with Crippen LogP contribution in [0.1, 0.15) is 18.4 Å². The third kappa shape index (κ3) is 2.35. The van der Waals surface area contributed by atoms with Gasteiger partial charge in [-0.05, 0) is 41.5 Å². The van der Waals surface area contributed by atoms with E-state index in [0.29, 0.717) is 12.3 Å². The molecule has 1 aromatic carbocycles. The Balaban J connectivity index is 1.77. The minimum absolute atomic E-state index is 0.221. The van der Waals surface area contributed by atoms with E-state index in [9.17, 15) is 4.79 Å². The lowest BCUT2D eigenvalue weighted by Crippen LogP contribution is -2.11. The second kappa shape index (κ2) is 4.77. The van der Waals surface area contributed by atoms with E-state index in [-0.39, 0.29) is 5.78 Å². The number of fused-ring (bicyclic) bond motifs is 1. The van der Waals surface area contributed by atoms with E-state index in [1.54, 1.807) is 6.08 Å². The maximum atomic E-state index is 11.4. The second-order valence-electron chi connectivity index (χ2n) is 5.01. The summed E-state index contributed by atoms with van der Waals surface area (Å²) < 4.78 is 0. The molecule has 1 aromatic rings. The van der Waals surface area contributed by atoms with Crippen molar-refractivity contribution >= 4 is 5.78 Å². The summed E-state index contributed by atoms with van der Waals surface area (Å²) in [6.07, 6.45) is 10.9. The summed E-state index contributed by atoms with van der Waals surface area (Å²) in [4.78, 5) is 11.4. The lowest BCUT2D eigenvalue weighted by atomic mass is 9.83. The molecule has 0 heterocycles. The van der Waals surface area contributed by atoms with E-state index in [1.807, 2.05) is 12.1 Å². The minimum Gasteiger partial charge on any atom is -0.294 e. The van der Waals surface area contributed by atoms with Gasteiger partial charge in [0.05, 0.1) is 0 Å². The summed E-state index contributed by atoms with van der Waals surface area (Å²) in [5.41, 5.74) is 3.84. The lowest BCUT2D eigenvalue weighted by molar-refractivity contribution is -0.114. The summed E-state index contributed by atoms with van der Waals surface area (Å²) >= 11 is 0. The van der Waals surface area contributed by atoms with Crippen LogP contribution in [-0.4, -0.2) is 5.78 Å². The summed E-state index contributed by atoms with van der Waals surface area (Å²) in [6, 6.07) is 10.6. The Morgan fingerprint density at radius 3 is 2.78 bits per heavy atom. The van der Waals surface area contributed by atoms with Gasteiger partial charge in [0.2, 0.25) is 0 Å². The smallest absolute Gasteiger partial charge is 0.160 e. The molecule has 2 aliphatic carbocycles. The first-order valence-corrected chi connectivity index (χ1v) is 6.47. The normalized spacial score (nSPS) is 22.2. The van der Waals surface area contributed by atoms with Gasteiger partial charge in [0.1, 0.15) is 0 Å². The monoisotopic (exact) mass is 236 g/mol. The zero-order valence-electron chi connectivity index (χ0n) is 10.3. The van der Waals surface area contributed by atoms with Gasteiger partial charge in [0, 0.05) is 6.42 Å². The highest BCUT2D eigenvalue weighted by Crippen LogP contribution is 2.30.